The molecule has 2 aromatic rings. The highest BCUT2D eigenvalue weighted by molar-refractivity contribution is 6.29. The van der Waals surface area contributed by atoms with Crippen molar-refractivity contribution in [1.29, 1.82) is 0 Å². The van der Waals surface area contributed by atoms with E-state index in [9.17, 15) is 14.4 Å². The third kappa shape index (κ3) is 7.21. The molecule has 0 aliphatic carbocycles. The summed E-state index contributed by atoms with van der Waals surface area (Å²) in [6.07, 6.45) is 0. The molecule has 0 unspecified atom stereocenters. The van der Waals surface area contributed by atoms with Crippen molar-refractivity contribution in [3.8, 4) is 11.8 Å². The highest BCUT2D eigenvalue weighted by Crippen LogP contribution is 2.16. The maximum Gasteiger partial charge on any atom is 0.357 e. The molecule has 2 rings (SSSR count). The topological polar surface area (TPSA) is 123 Å². The minimum atomic E-state index is -0.614. The van der Waals surface area contributed by atoms with Crippen LogP contribution in [0.15, 0.2) is 24.3 Å². The Balaban J connectivity index is 0.000000311. The predicted octanol–water partition coefficient (Wildman–Crippen LogP) is 2.58. The fourth-order valence-electron chi connectivity index (χ4n) is 1.97. The molecule has 0 aliphatic heterocycles. The molecule has 0 saturated heterocycles. The quantitative estimate of drug-likeness (QED) is 0.376. The van der Waals surface area contributed by atoms with Crippen molar-refractivity contribution in [3.05, 3.63) is 46.2 Å². The molecule has 0 fully saturated rings. The Morgan fingerprint density at radius 1 is 0.800 bits per heavy atom. The van der Waals surface area contributed by atoms with Gasteiger partial charge in [0.25, 0.3) is 0 Å². The molecule has 0 saturated carbocycles. The van der Waals surface area contributed by atoms with E-state index in [1.807, 2.05) is 0 Å². The summed E-state index contributed by atoms with van der Waals surface area (Å²) in [7, 11) is 5.38. The summed E-state index contributed by atoms with van der Waals surface area (Å²) >= 11 is 5.63. The molecular weight excluding hydrogens is 420 g/mol. The number of rotatable bonds is 6. The minimum absolute atomic E-state index is 0.00611. The van der Waals surface area contributed by atoms with E-state index in [1.54, 1.807) is 6.92 Å². The van der Waals surface area contributed by atoms with E-state index in [0.717, 1.165) is 0 Å². The van der Waals surface area contributed by atoms with Crippen LogP contribution >= 0.6 is 11.6 Å². The molecule has 2 aromatic heterocycles. The third-order valence-corrected chi connectivity index (χ3v) is 3.51. The van der Waals surface area contributed by atoms with Gasteiger partial charge in [0, 0.05) is 12.1 Å². The lowest BCUT2D eigenvalue weighted by atomic mass is 10.2. The molecule has 30 heavy (non-hydrogen) atoms. The lowest BCUT2D eigenvalue weighted by Crippen LogP contribution is -2.11. The fraction of sp³-hybridized carbons (Fsp3) is 0.316. The number of nitrogens with zero attached hydrogens (tertiary/aromatic N) is 2. The van der Waals surface area contributed by atoms with Crippen LogP contribution in [0.1, 0.15) is 38.1 Å². The van der Waals surface area contributed by atoms with E-state index < -0.39 is 17.9 Å². The second-order valence-corrected chi connectivity index (χ2v) is 5.60. The minimum Gasteiger partial charge on any atom is -0.481 e. The number of hydrogen-bond donors (Lipinski definition) is 0. The number of pyridine rings is 2. The second-order valence-electron chi connectivity index (χ2n) is 5.21. The maximum absolute atomic E-state index is 11.5. The van der Waals surface area contributed by atoms with Crippen molar-refractivity contribution in [2.75, 3.05) is 35.0 Å². The van der Waals surface area contributed by atoms with E-state index >= 15 is 0 Å². The van der Waals surface area contributed by atoms with Gasteiger partial charge in [-0.2, -0.15) is 0 Å². The standard InChI is InChI=1S/C11H13NO5.C8H8ClNO3/c1-4-17-11(14)8-5-7(10(13)16-3)6-9(12-8)15-2;1-12-7-4-5(8(11)13-2)3-6(9)10-7/h5-6H,4H2,1-3H3;3-4H,1-2H3. The van der Waals surface area contributed by atoms with Gasteiger partial charge in [-0.25, -0.2) is 24.4 Å². The number of ether oxygens (including phenoxy) is 5. The summed E-state index contributed by atoms with van der Waals surface area (Å²) in [6, 6.07) is 5.55. The van der Waals surface area contributed by atoms with Gasteiger partial charge in [-0.15, -0.1) is 0 Å². The van der Waals surface area contributed by atoms with Crippen LogP contribution in [0.3, 0.4) is 0 Å². The molecule has 162 valence electrons. The van der Waals surface area contributed by atoms with Gasteiger partial charge in [0.1, 0.15) is 5.15 Å². The molecule has 0 bridgehead atoms. The molecule has 10 nitrogen and oxygen atoms in total. The Morgan fingerprint density at radius 3 is 1.77 bits per heavy atom. The maximum atomic E-state index is 11.5. The Morgan fingerprint density at radius 2 is 1.30 bits per heavy atom. The van der Waals surface area contributed by atoms with Crippen molar-refractivity contribution in [1.82, 2.24) is 9.97 Å². The predicted molar refractivity (Wildman–Crippen MR) is 105 cm³/mol. The molecule has 0 amide bonds. The number of carbonyl (C=O) groups is 3. The fourth-order valence-corrected chi connectivity index (χ4v) is 2.17. The van der Waals surface area contributed by atoms with Crippen LogP contribution in [-0.2, 0) is 14.2 Å². The highest BCUT2D eigenvalue weighted by atomic mass is 35.5. The first-order chi connectivity index (χ1) is 14.3. The molecule has 0 aromatic carbocycles. The van der Waals surface area contributed by atoms with Gasteiger partial charge in [0.2, 0.25) is 11.8 Å². The first kappa shape index (κ1) is 24.6. The van der Waals surface area contributed by atoms with Gasteiger partial charge < -0.3 is 23.7 Å². The lowest BCUT2D eigenvalue weighted by Gasteiger charge is -2.06. The van der Waals surface area contributed by atoms with Gasteiger partial charge in [-0.1, -0.05) is 11.6 Å². The number of halogens is 1. The summed E-state index contributed by atoms with van der Waals surface area (Å²) in [4.78, 5) is 41.6. The van der Waals surface area contributed by atoms with Crippen LogP contribution in [0.5, 0.6) is 11.8 Å². The lowest BCUT2D eigenvalue weighted by molar-refractivity contribution is 0.0517. The van der Waals surface area contributed by atoms with Gasteiger partial charge >= 0.3 is 17.9 Å². The van der Waals surface area contributed by atoms with Gasteiger partial charge in [0.05, 0.1) is 46.2 Å². The largest absolute Gasteiger partial charge is 0.481 e. The summed E-state index contributed by atoms with van der Waals surface area (Å²) < 4.78 is 23.6. The molecule has 0 aliphatic rings. The van der Waals surface area contributed by atoms with Crippen molar-refractivity contribution in [2.45, 2.75) is 6.92 Å². The monoisotopic (exact) mass is 440 g/mol. The van der Waals surface area contributed by atoms with Crippen molar-refractivity contribution >= 4 is 29.5 Å². The molecule has 11 heteroatoms. The zero-order valence-electron chi connectivity index (χ0n) is 17.1. The normalized spacial score (nSPS) is 9.53. The highest BCUT2D eigenvalue weighted by Gasteiger charge is 2.16. The third-order valence-electron chi connectivity index (χ3n) is 3.32. The van der Waals surface area contributed by atoms with Crippen LogP contribution in [0.4, 0.5) is 0 Å². The zero-order chi connectivity index (χ0) is 22.7. The zero-order valence-corrected chi connectivity index (χ0v) is 17.8. The number of esters is 3. The second kappa shape index (κ2) is 12.2. The van der Waals surface area contributed by atoms with Crippen LogP contribution in [-0.4, -0.2) is 62.9 Å². The number of aromatic nitrogens is 2. The van der Waals surface area contributed by atoms with E-state index in [2.05, 4.69) is 19.4 Å². The van der Waals surface area contributed by atoms with Crippen LogP contribution < -0.4 is 9.47 Å². The number of carbonyl (C=O) groups excluding carboxylic acids is 3. The first-order valence-corrected chi connectivity index (χ1v) is 8.78. The van der Waals surface area contributed by atoms with E-state index in [0.29, 0.717) is 5.56 Å². The smallest absolute Gasteiger partial charge is 0.357 e. The molecule has 0 N–H and O–H groups in total. The Labute approximate surface area is 178 Å². The molecule has 0 spiro atoms. The summed E-state index contributed by atoms with van der Waals surface area (Å²) in [5, 5.41) is 0.194. The molecule has 0 atom stereocenters. The van der Waals surface area contributed by atoms with Crippen molar-refractivity contribution in [3.63, 3.8) is 0 Å². The van der Waals surface area contributed by atoms with Crippen LogP contribution in [0.2, 0.25) is 5.15 Å². The van der Waals surface area contributed by atoms with Gasteiger partial charge in [-0.05, 0) is 19.1 Å². The summed E-state index contributed by atoms with van der Waals surface area (Å²) in [5.74, 6) is -1.22. The molecule has 2 heterocycles. The average molecular weight is 441 g/mol. The van der Waals surface area contributed by atoms with E-state index in [4.69, 9.17) is 25.8 Å². The van der Waals surface area contributed by atoms with E-state index in [1.165, 1.54) is 52.7 Å². The van der Waals surface area contributed by atoms with Gasteiger partial charge in [-0.3, -0.25) is 0 Å². The van der Waals surface area contributed by atoms with Crippen molar-refractivity contribution < 1.29 is 38.1 Å². The molecular formula is C19H21ClN2O8. The van der Waals surface area contributed by atoms with Gasteiger partial charge in [0.15, 0.2) is 5.69 Å². The van der Waals surface area contributed by atoms with Crippen molar-refractivity contribution in [2.24, 2.45) is 0 Å². The van der Waals surface area contributed by atoms with E-state index in [-0.39, 0.29) is 34.8 Å². The van der Waals surface area contributed by atoms with Crippen LogP contribution in [0.25, 0.3) is 0 Å². The summed E-state index contributed by atoms with van der Waals surface area (Å²) in [5.41, 5.74) is 0.508. The molecule has 0 radical (unpaired) electrons. The summed E-state index contributed by atoms with van der Waals surface area (Å²) in [6.45, 7) is 1.91. The Bertz CT molecular complexity index is 904. The SMILES string of the molecule is CCOC(=O)c1cc(C(=O)OC)cc(OC)n1.COC(=O)c1cc(Cl)nc(OC)c1. The Kier molecular flexibility index (Phi) is 10.0. The van der Waals surface area contributed by atoms with Crippen LogP contribution in [0, 0.1) is 0 Å². The average Bonchev–Trinajstić information content (AvgIpc) is 2.77. The Hall–Kier alpha value is -3.40. The number of methoxy groups -OCH3 is 4. The first-order valence-electron chi connectivity index (χ1n) is 8.40. The number of hydrogen-bond acceptors (Lipinski definition) is 10.